The van der Waals surface area contributed by atoms with Crippen molar-refractivity contribution >= 4 is 11.8 Å². The molecule has 0 saturated heterocycles. The van der Waals surface area contributed by atoms with Crippen LogP contribution < -0.4 is 4.57 Å². The Morgan fingerprint density at radius 1 is 1.41 bits per heavy atom. The van der Waals surface area contributed by atoms with E-state index in [0.29, 0.717) is 6.42 Å². The van der Waals surface area contributed by atoms with Crippen molar-refractivity contribution in [2.75, 3.05) is 11.5 Å². The minimum Gasteiger partial charge on any atom is -0.248 e. The summed E-state index contributed by atoms with van der Waals surface area (Å²) in [6.07, 6.45) is 9.24. The van der Waals surface area contributed by atoms with E-state index in [1.165, 1.54) is 30.2 Å². The standard InChI is InChI=1S/C13H21N3S/c1-2-11-17-12-5-6-13-15-8-10-16(13)9-4-3-7-14/h8,10H,2-6,9,11-12H2,1H3/p+1. The summed E-state index contributed by atoms with van der Waals surface area (Å²) in [7, 11) is 0. The lowest BCUT2D eigenvalue weighted by Gasteiger charge is -2.00. The first kappa shape index (κ1) is 14.1. The number of imidazole rings is 1. The molecule has 0 saturated carbocycles. The summed E-state index contributed by atoms with van der Waals surface area (Å²) in [4.78, 5) is 3.29. The number of aromatic amines is 1. The van der Waals surface area contributed by atoms with Gasteiger partial charge in [-0.1, -0.05) is 6.92 Å². The minimum absolute atomic E-state index is 0.643. The number of unbranched alkanes of at least 4 members (excludes halogenated alkanes) is 1. The molecule has 0 atom stereocenters. The van der Waals surface area contributed by atoms with Gasteiger partial charge in [-0.3, -0.25) is 0 Å². The summed E-state index contributed by atoms with van der Waals surface area (Å²) in [6.45, 7) is 3.18. The molecule has 0 bridgehead atoms. The van der Waals surface area contributed by atoms with Crippen molar-refractivity contribution in [1.82, 2.24) is 4.98 Å². The molecule has 1 aromatic rings. The summed E-state index contributed by atoms with van der Waals surface area (Å²) in [5.41, 5.74) is 0. The maximum absolute atomic E-state index is 8.52. The average molecular weight is 252 g/mol. The van der Waals surface area contributed by atoms with Crippen LogP contribution in [0.1, 0.15) is 38.4 Å². The van der Waals surface area contributed by atoms with Crippen molar-refractivity contribution in [2.45, 2.75) is 45.6 Å². The Hall–Kier alpha value is -0.950. The number of nitriles is 1. The van der Waals surface area contributed by atoms with Gasteiger partial charge < -0.3 is 0 Å². The lowest BCUT2D eigenvalue weighted by Crippen LogP contribution is -2.36. The van der Waals surface area contributed by atoms with E-state index in [-0.39, 0.29) is 0 Å². The Morgan fingerprint density at radius 2 is 2.29 bits per heavy atom. The number of rotatable bonds is 9. The fourth-order valence-electron chi connectivity index (χ4n) is 1.74. The van der Waals surface area contributed by atoms with Crippen molar-refractivity contribution in [3.63, 3.8) is 0 Å². The van der Waals surface area contributed by atoms with Gasteiger partial charge in [0.1, 0.15) is 12.4 Å². The molecule has 0 aliphatic rings. The minimum atomic E-state index is 0.643. The van der Waals surface area contributed by atoms with Gasteiger partial charge >= 0.3 is 0 Å². The monoisotopic (exact) mass is 252 g/mol. The number of H-pyrrole nitrogens is 1. The van der Waals surface area contributed by atoms with E-state index >= 15 is 0 Å². The molecule has 0 amide bonds. The van der Waals surface area contributed by atoms with E-state index in [4.69, 9.17) is 5.26 Å². The van der Waals surface area contributed by atoms with Crippen LogP contribution in [0.4, 0.5) is 0 Å². The van der Waals surface area contributed by atoms with Gasteiger partial charge in [0, 0.05) is 12.8 Å². The highest BCUT2D eigenvalue weighted by atomic mass is 32.2. The molecule has 4 heteroatoms. The molecule has 0 aliphatic carbocycles. The maximum atomic E-state index is 8.52. The van der Waals surface area contributed by atoms with E-state index in [1.54, 1.807) is 0 Å². The Kier molecular flexibility index (Phi) is 7.57. The lowest BCUT2D eigenvalue weighted by molar-refractivity contribution is -0.703. The highest BCUT2D eigenvalue weighted by Crippen LogP contribution is 2.06. The molecule has 94 valence electrons. The van der Waals surface area contributed by atoms with Crippen LogP contribution in [-0.2, 0) is 13.0 Å². The van der Waals surface area contributed by atoms with E-state index in [9.17, 15) is 0 Å². The van der Waals surface area contributed by atoms with Crippen LogP contribution in [0.15, 0.2) is 12.4 Å². The van der Waals surface area contributed by atoms with Crippen LogP contribution in [0.3, 0.4) is 0 Å². The topological polar surface area (TPSA) is 43.5 Å². The first-order chi connectivity index (χ1) is 8.38. The van der Waals surface area contributed by atoms with E-state index in [2.05, 4.69) is 28.7 Å². The number of hydrogen-bond donors (Lipinski definition) is 1. The second-order valence-electron chi connectivity index (χ2n) is 4.08. The highest BCUT2D eigenvalue weighted by molar-refractivity contribution is 7.99. The van der Waals surface area contributed by atoms with E-state index in [0.717, 1.165) is 19.4 Å². The van der Waals surface area contributed by atoms with Crippen LogP contribution in [-0.4, -0.2) is 16.5 Å². The Bertz CT molecular complexity index is 341. The Balaban J connectivity index is 2.23. The molecular weight excluding hydrogens is 230 g/mol. The lowest BCUT2D eigenvalue weighted by atomic mass is 10.3. The van der Waals surface area contributed by atoms with Gasteiger partial charge in [0.15, 0.2) is 0 Å². The predicted molar refractivity (Wildman–Crippen MR) is 71.8 cm³/mol. The van der Waals surface area contributed by atoms with Crippen molar-refractivity contribution in [2.24, 2.45) is 0 Å². The quantitative estimate of drug-likeness (QED) is 0.542. The fraction of sp³-hybridized carbons (Fsp3) is 0.692. The van der Waals surface area contributed by atoms with Gasteiger partial charge in [-0.05, 0) is 30.8 Å². The summed E-state index contributed by atoms with van der Waals surface area (Å²) < 4.78 is 2.24. The SMILES string of the molecule is CCCSCCCc1[nH]cc[n+]1CCCC#N. The predicted octanol–water partition coefficient (Wildman–Crippen LogP) is 2.68. The zero-order valence-corrected chi connectivity index (χ0v) is 11.4. The fourth-order valence-corrected chi connectivity index (χ4v) is 2.58. The van der Waals surface area contributed by atoms with Gasteiger partial charge in [-0.25, -0.2) is 9.55 Å². The molecule has 17 heavy (non-hydrogen) atoms. The molecule has 0 spiro atoms. The summed E-state index contributed by atoms with van der Waals surface area (Å²) >= 11 is 2.04. The van der Waals surface area contributed by atoms with Crippen molar-refractivity contribution < 1.29 is 4.57 Å². The number of thioether (sulfide) groups is 1. The molecule has 0 aliphatic heterocycles. The molecule has 0 radical (unpaired) electrons. The van der Waals surface area contributed by atoms with Crippen molar-refractivity contribution in [3.8, 4) is 6.07 Å². The number of aromatic nitrogens is 2. The number of nitrogens with one attached hydrogen (secondary N) is 1. The van der Waals surface area contributed by atoms with Crippen LogP contribution in [0, 0.1) is 11.3 Å². The Morgan fingerprint density at radius 3 is 3.06 bits per heavy atom. The second-order valence-corrected chi connectivity index (χ2v) is 5.30. The molecule has 1 N–H and O–H groups in total. The summed E-state index contributed by atoms with van der Waals surface area (Å²) in [6, 6.07) is 2.19. The maximum Gasteiger partial charge on any atom is 0.254 e. The number of nitrogens with zero attached hydrogens (tertiary/aromatic N) is 2. The molecule has 3 nitrogen and oxygen atoms in total. The van der Waals surface area contributed by atoms with Crippen LogP contribution in [0.2, 0.25) is 0 Å². The third kappa shape index (κ3) is 5.78. The molecular formula is C13H22N3S+. The van der Waals surface area contributed by atoms with Gasteiger partial charge in [-0.2, -0.15) is 17.0 Å². The largest absolute Gasteiger partial charge is 0.254 e. The first-order valence-corrected chi connectivity index (χ1v) is 7.54. The van der Waals surface area contributed by atoms with Crippen molar-refractivity contribution in [1.29, 1.82) is 5.26 Å². The first-order valence-electron chi connectivity index (χ1n) is 6.39. The van der Waals surface area contributed by atoms with Crippen molar-refractivity contribution in [3.05, 3.63) is 18.2 Å². The normalized spacial score (nSPS) is 10.4. The van der Waals surface area contributed by atoms with Gasteiger partial charge in [-0.15, -0.1) is 0 Å². The van der Waals surface area contributed by atoms with Crippen LogP contribution in [0.5, 0.6) is 0 Å². The summed E-state index contributed by atoms with van der Waals surface area (Å²) in [5, 5.41) is 8.52. The molecule has 0 unspecified atom stereocenters. The zero-order valence-electron chi connectivity index (χ0n) is 10.6. The van der Waals surface area contributed by atoms with Gasteiger partial charge in [0.05, 0.1) is 12.6 Å². The second kappa shape index (κ2) is 9.12. The van der Waals surface area contributed by atoms with E-state index in [1.807, 2.05) is 18.0 Å². The third-order valence-electron chi connectivity index (χ3n) is 2.59. The Labute approximate surface area is 108 Å². The van der Waals surface area contributed by atoms with Gasteiger partial charge in [0.25, 0.3) is 5.82 Å². The molecule has 1 aromatic heterocycles. The molecule has 1 rings (SSSR count). The molecule has 0 aromatic carbocycles. The smallest absolute Gasteiger partial charge is 0.248 e. The molecule has 1 heterocycles. The third-order valence-corrected chi connectivity index (χ3v) is 3.86. The summed E-state index contributed by atoms with van der Waals surface area (Å²) in [5.74, 6) is 3.80. The van der Waals surface area contributed by atoms with E-state index < -0.39 is 0 Å². The average Bonchev–Trinajstić information content (AvgIpc) is 2.77. The van der Waals surface area contributed by atoms with Crippen LogP contribution >= 0.6 is 11.8 Å². The molecule has 0 fully saturated rings. The number of aryl methyl sites for hydroxylation is 2. The highest BCUT2D eigenvalue weighted by Gasteiger charge is 2.09. The van der Waals surface area contributed by atoms with Crippen LogP contribution in [0.25, 0.3) is 0 Å². The van der Waals surface area contributed by atoms with Gasteiger partial charge in [0.2, 0.25) is 0 Å². The number of hydrogen-bond acceptors (Lipinski definition) is 2. The zero-order chi connectivity index (χ0) is 12.3.